The van der Waals surface area contributed by atoms with Crippen molar-refractivity contribution in [2.75, 3.05) is 13.1 Å². The van der Waals surface area contributed by atoms with E-state index >= 15 is 0 Å². The summed E-state index contributed by atoms with van der Waals surface area (Å²) in [6.07, 6.45) is 1.71. The number of fused-ring (bicyclic) bond motifs is 2. The van der Waals surface area contributed by atoms with Crippen molar-refractivity contribution < 1.29 is 23.1 Å². The van der Waals surface area contributed by atoms with Gasteiger partial charge in [0.05, 0.1) is 22.7 Å². The first-order valence-electron chi connectivity index (χ1n) is 6.56. The van der Waals surface area contributed by atoms with Gasteiger partial charge in [-0.1, -0.05) is 0 Å². The van der Waals surface area contributed by atoms with E-state index in [0.717, 1.165) is 12.8 Å². The number of sulfonamides is 1. The average Bonchev–Trinajstić information content (AvgIpc) is 2.76. The van der Waals surface area contributed by atoms with Gasteiger partial charge in [0.2, 0.25) is 10.0 Å². The van der Waals surface area contributed by atoms with Crippen LogP contribution in [0.1, 0.15) is 23.2 Å². The monoisotopic (exact) mass is 375 g/mol. The van der Waals surface area contributed by atoms with Crippen LogP contribution >= 0.6 is 15.9 Å². The highest BCUT2D eigenvalue weighted by atomic mass is 79.9. The Morgan fingerprint density at radius 1 is 1.29 bits per heavy atom. The number of nitrogens with zero attached hydrogens (tertiary/aromatic N) is 1. The number of carboxylic acid groups (broad SMARTS) is 1. The fourth-order valence-corrected chi connectivity index (χ4v) is 5.30. The molecule has 6 nitrogen and oxygen atoms in total. The van der Waals surface area contributed by atoms with Crippen LogP contribution in [0, 0.1) is 0 Å². The summed E-state index contributed by atoms with van der Waals surface area (Å²) in [6, 6.07) is 3.94. The number of halogens is 1. The molecular formula is C13H14BrNO5S. The number of hydrogen-bond acceptors (Lipinski definition) is 4. The maximum absolute atomic E-state index is 12.7. The molecular weight excluding hydrogens is 362 g/mol. The third kappa shape index (κ3) is 2.73. The van der Waals surface area contributed by atoms with Gasteiger partial charge in [-0.3, -0.25) is 0 Å². The van der Waals surface area contributed by atoms with Crippen molar-refractivity contribution in [1.29, 1.82) is 0 Å². The second-order valence-corrected chi connectivity index (χ2v) is 7.99. The first-order chi connectivity index (χ1) is 9.88. The van der Waals surface area contributed by atoms with E-state index < -0.39 is 16.0 Å². The maximum Gasteiger partial charge on any atom is 0.335 e. The number of hydrogen-bond donors (Lipinski definition) is 1. The molecule has 2 fully saturated rings. The molecule has 2 atom stereocenters. The lowest BCUT2D eigenvalue weighted by Crippen LogP contribution is -2.45. The van der Waals surface area contributed by atoms with Crippen molar-refractivity contribution in [3.63, 3.8) is 0 Å². The van der Waals surface area contributed by atoms with Crippen LogP contribution in [0.3, 0.4) is 0 Å². The molecule has 2 bridgehead atoms. The summed E-state index contributed by atoms with van der Waals surface area (Å²) in [5, 5.41) is 8.93. The maximum atomic E-state index is 12.7. The van der Waals surface area contributed by atoms with Gasteiger partial charge in [-0.05, 0) is 47.0 Å². The van der Waals surface area contributed by atoms with Crippen LogP contribution in [0.4, 0.5) is 0 Å². The van der Waals surface area contributed by atoms with Gasteiger partial charge in [0.15, 0.2) is 0 Å². The van der Waals surface area contributed by atoms with E-state index in [2.05, 4.69) is 15.9 Å². The molecule has 2 aliphatic rings. The summed E-state index contributed by atoms with van der Waals surface area (Å²) in [6.45, 7) is 0.706. The number of benzene rings is 1. The van der Waals surface area contributed by atoms with Gasteiger partial charge in [0.1, 0.15) is 0 Å². The van der Waals surface area contributed by atoms with Gasteiger partial charge < -0.3 is 9.84 Å². The van der Waals surface area contributed by atoms with Crippen LogP contribution in [-0.2, 0) is 14.8 Å². The fraction of sp³-hybridized carbons (Fsp3) is 0.462. The van der Waals surface area contributed by atoms with Crippen LogP contribution in [-0.4, -0.2) is 49.1 Å². The van der Waals surface area contributed by atoms with Crippen LogP contribution < -0.4 is 0 Å². The van der Waals surface area contributed by atoms with E-state index in [9.17, 15) is 13.2 Å². The van der Waals surface area contributed by atoms with Crippen LogP contribution in [0.15, 0.2) is 27.6 Å². The molecule has 0 spiro atoms. The predicted molar refractivity (Wildman–Crippen MR) is 77.8 cm³/mol. The third-order valence-electron chi connectivity index (χ3n) is 3.81. The fourth-order valence-electron chi connectivity index (χ4n) is 2.76. The van der Waals surface area contributed by atoms with Crippen molar-refractivity contribution in [3.8, 4) is 0 Å². The largest absolute Gasteiger partial charge is 0.478 e. The molecule has 1 aromatic rings. The second kappa shape index (κ2) is 5.35. The highest BCUT2D eigenvalue weighted by molar-refractivity contribution is 9.10. The second-order valence-electron chi connectivity index (χ2n) is 5.23. The van der Waals surface area contributed by atoms with Gasteiger partial charge in [-0.15, -0.1) is 0 Å². The number of carbonyl (C=O) groups is 1. The smallest absolute Gasteiger partial charge is 0.335 e. The topological polar surface area (TPSA) is 83.9 Å². The van der Waals surface area contributed by atoms with Crippen LogP contribution in [0.25, 0.3) is 0 Å². The minimum absolute atomic E-state index is 0.0319. The average molecular weight is 376 g/mol. The normalized spacial score (nSPS) is 26.0. The molecule has 1 N–H and O–H groups in total. The quantitative estimate of drug-likeness (QED) is 0.868. The Hall–Kier alpha value is -0.960. The summed E-state index contributed by atoms with van der Waals surface area (Å²) in [5.74, 6) is -1.09. The zero-order valence-electron chi connectivity index (χ0n) is 11.0. The van der Waals surface area contributed by atoms with Crippen molar-refractivity contribution in [2.24, 2.45) is 0 Å². The van der Waals surface area contributed by atoms with E-state index in [1.807, 2.05) is 0 Å². The van der Waals surface area contributed by atoms with Crippen molar-refractivity contribution in [3.05, 3.63) is 28.2 Å². The number of rotatable bonds is 3. The molecule has 2 aliphatic heterocycles. The molecule has 0 saturated carbocycles. The summed E-state index contributed by atoms with van der Waals surface area (Å²) < 4.78 is 32.7. The molecule has 2 saturated heterocycles. The highest BCUT2D eigenvalue weighted by Crippen LogP contribution is 2.32. The SMILES string of the molecule is O=C(O)c1ccc(S(=O)(=O)N2CC3CCC(C2)O3)c(Br)c1. The minimum Gasteiger partial charge on any atom is -0.478 e. The summed E-state index contributed by atoms with van der Waals surface area (Å²) >= 11 is 3.16. The minimum atomic E-state index is -3.65. The number of aromatic carboxylic acids is 1. The molecule has 21 heavy (non-hydrogen) atoms. The molecule has 2 unspecified atom stereocenters. The molecule has 114 valence electrons. The molecule has 1 aromatic carbocycles. The molecule has 0 amide bonds. The number of morpholine rings is 1. The Morgan fingerprint density at radius 3 is 2.43 bits per heavy atom. The Labute approximate surface area is 130 Å². The van der Waals surface area contributed by atoms with Crippen LogP contribution in [0.5, 0.6) is 0 Å². The van der Waals surface area contributed by atoms with Crippen molar-refractivity contribution in [1.82, 2.24) is 4.31 Å². The van der Waals surface area contributed by atoms with Crippen LogP contribution in [0.2, 0.25) is 0 Å². The van der Waals surface area contributed by atoms with Gasteiger partial charge in [0.25, 0.3) is 0 Å². The number of ether oxygens (including phenoxy) is 1. The Kier molecular flexibility index (Phi) is 3.81. The van der Waals surface area contributed by atoms with E-state index in [-0.39, 0.29) is 27.1 Å². The first-order valence-corrected chi connectivity index (χ1v) is 8.79. The molecule has 0 radical (unpaired) electrons. The molecule has 0 aromatic heterocycles. The van der Waals surface area contributed by atoms with E-state index in [1.165, 1.54) is 22.5 Å². The zero-order valence-corrected chi connectivity index (χ0v) is 13.4. The predicted octanol–water partition coefficient (Wildman–Crippen LogP) is 1.70. The molecule has 8 heteroatoms. The van der Waals surface area contributed by atoms with Gasteiger partial charge in [-0.25, -0.2) is 13.2 Å². The van der Waals surface area contributed by atoms with Gasteiger partial charge in [-0.2, -0.15) is 4.31 Å². The molecule has 3 rings (SSSR count). The lowest BCUT2D eigenvalue weighted by molar-refractivity contribution is -0.0114. The molecule has 2 heterocycles. The number of carboxylic acids is 1. The van der Waals surface area contributed by atoms with Crippen molar-refractivity contribution >= 4 is 31.9 Å². The Morgan fingerprint density at radius 2 is 1.90 bits per heavy atom. The highest BCUT2D eigenvalue weighted by Gasteiger charge is 2.39. The Bertz CT molecular complexity index is 678. The standard InChI is InChI=1S/C13H14BrNO5S/c14-11-5-8(13(16)17)1-4-12(11)21(18,19)15-6-9-2-3-10(7-15)20-9/h1,4-5,9-10H,2-3,6-7H2,(H,16,17). The summed E-state index contributed by atoms with van der Waals surface area (Å²) in [7, 11) is -3.65. The third-order valence-corrected chi connectivity index (χ3v) is 6.62. The van der Waals surface area contributed by atoms with E-state index in [1.54, 1.807) is 0 Å². The Balaban J connectivity index is 1.93. The summed E-state index contributed by atoms with van der Waals surface area (Å²) in [4.78, 5) is 11.0. The first kappa shape index (κ1) is 15.0. The lowest BCUT2D eigenvalue weighted by Gasteiger charge is -2.31. The zero-order chi connectivity index (χ0) is 15.2. The molecule has 0 aliphatic carbocycles. The van der Waals surface area contributed by atoms with E-state index in [4.69, 9.17) is 9.84 Å². The lowest BCUT2D eigenvalue weighted by atomic mass is 10.2. The van der Waals surface area contributed by atoms with E-state index in [0.29, 0.717) is 13.1 Å². The van der Waals surface area contributed by atoms with Crippen molar-refractivity contribution in [2.45, 2.75) is 29.9 Å². The van der Waals surface area contributed by atoms with Gasteiger partial charge >= 0.3 is 5.97 Å². The van der Waals surface area contributed by atoms with Gasteiger partial charge in [0, 0.05) is 17.6 Å². The summed E-state index contributed by atoms with van der Waals surface area (Å²) in [5.41, 5.74) is 0.0443.